The van der Waals surface area contributed by atoms with Crippen LogP contribution >= 0.6 is 15.9 Å². The first-order valence-corrected chi connectivity index (χ1v) is 8.74. The molecular weight excluding hydrogens is 410 g/mol. The maximum atomic E-state index is 14.2. The van der Waals surface area contributed by atoms with Gasteiger partial charge in [0.1, 0.15) is 17.4 Å². The third-order valence-corrected chi connectivity index (χ3v) is 4.93. The van der Waals surface area contributed by atoms with E-state index in [0.29, 0.717) is 23.1 Å². The molecule has 1 unspecified atom stereocenters. The summed E-state index contributed by atoms with van der Waals surface area (Å²) in [5.74, 6) is -0.848. The number of hydrogen-bond donors (Lipinski definition) is 2. The molecule has 0 saturated heterocycles. The second kappa shape index (κ2) is 7.59. The Hall–Kier alpha value is -2.19. The monoisotopic (exact) mass is 426 g/mol. The van der Waals surface area contributed by atoms with E-state index in [1.807, 2.05) is 0 Å². The number of urea groups is 1. The number of amides is 2. The molecule has 1 aliphatic heterocycles. The molecule has 138 valence electrons. The topological polar surface area (TPSA) is 61.8 Å². The van der Waals surface area contributed by atoms with Crippen molar-refractivity contribution < 1.29 is 23.4 Å². The van der Waals surface area contributed by atoms with E-state index in [1.54, 1.807) is 12.1 Å². The van der Waals surface area contributed by atoms with E-state index in [1.165, 1.54) is 30.2 Å². The Morgan fingerprint density at radius 1 is 1.38 bits per heavy atom. The van der Waals surface area contributed by atoms with Gasteiger partial charge in [-0.05, 0) is 52.2 Å². The first kappa shape index (κ1) is 18.6. The minimum atomic E-state index is -0.997. The van der Waals surface area contributed by atoms with Crippen molar-refractivity contribution in [1.82, 2.24) is 5.32 Å². The van der Waals surface area contributed by atoms with Gasteiger partial charge in [-0.25, -0.2) is 13.6 Å². The van der Waals surface area contributed by atoms with Crippen molar-refractivity contribution in [2.75, 3.05) is 25.2 Å². The molecule has 26 heavy (non-hydrogen) atoms. The summed E-state index contributed by atoms with van der Waals surface area (Å²) in [6.45, 7) is -0.151. The molecule has 0 fully saturated rings. The molecule has 2 aromatic rings. The van der Waals surface area contributed by atoms with Crippen molar-refractivity contribution in [3.05, 3.63) is 57.6 Å². The molecule has 2 N–H and O–H groups in total. The van der Waals surface area contributed by atoms with Crippen molar-refractivity contribution in [3.63, 3.8) is 0 Å². The van der Waals surface area contributed by atoms with Crippen molar-refractivity contribution in [3.8, 4) is 5.75 Å². The smallest absolute Gasteiger partial charge is 0.322 e. The number of aliphatic hydroxyl groups excluding tert-OH is 1. The predicted octanol–water partition coefficient (Wildman–Crippen LogP) is 3.54. The highest BCUT2D eigenvalue weighted by atomic mass is 79.9. The highest BCUT2D eigenvalue weighted by molar-refractivity contribution is 9.10. The Bertz CT molecular complexity index is 847. The van der Waals surface area contributed by atoms with E-state index in [2.05, 4.69) is 21.2 Å². The first-order valence-electron chi connectivity index (χ1n) is 7.95. The predicted molar refractivity (Wildman–Crippen MR) is 96.5 cm³/mol. The number of nitrogens with one attached hydrogen (secondary N) is 1. The molecule has 1 aliphatic rings. The van der Waals surface area contributed by atoms with Gasteiger partial charge in [0, 0.05) is 6.54 Å². The van der Waals surface area contributed by atoms with E-state index < -0.39 is 30.3 Å². The van der Waals surface area contributed by atoms with Crippen LogP contribution in [-0.4, -0.2) is 31.4 Å². The van der Waals surface area contributed by atoms with Gasteiger partial charge >= 0.3 is 6.03 Å². The van der Waals surface area contributed by atoms with Gasteiger partial charge in [0.15, 0.2) is 0 Å². The fourth-order valence-corrected chi connectivity index (χ4v) is 3.45. The molecule has 0 spiro atoms. The number of anilines is 1. The Labute approximate surface area is 157 Å². The fraction of sp³-hybridized carbons (Fsp3) is 0.278. The first-order chi connectivity index (χ1) is 12.5. The third-order valence-electron chi connectivity index (χ3n) is 4.32. The van der Waals surface area contributed by atoms with Crippen LogP contribution in [0, 0.1) is 11.6 Å². The molecule has 0 bridgehead atoms. The normalized spacial score (nSPS) is 14.1. The van der Waals surface area contributed by atoms with Crippen molar-refractivity contribution in [2.45, 2.75) is 12.5 Å². The van der Waals surface area contributed by atoms with Crippen LogP contribution in [0.4, 0.5) is 19.3 Å². The van der Waals surface area contributed by atoms with Crippen molar-refractivity contribution >= 4 is 27.6 Å². The summed E-state index contributed by atoms with van der Waals surface area (Å²) < 4.78 is 33.5. The molecule has 2 amide bonds. The van der Waals surface area contributed by atoms with Gasteiger partial charge in [-0.1, -0.05) is 6.07 Å². The highest BCUT2D eigenvalue weighted by Gasteiger charge is 2.29. The number of halogens is 3. The number of benzene rings is 2. The van der Waals surface area contributed by atoms with Gasteiger partial charge in [0.2, 0.25) is 0 Å². The Kier molecular flexibility index (Phi) is 5.43. The zero-order valence-corrected chi connectivity index (χ0v) is 15.5. The lowest BCUT2D eigenvalue weighted by atomic mass is 10.1. The molecule has 0 saturated carbocycles. The van der Waals surface area contributed by atoms with Crippen LogP contribution in [0.15, 0.2) is 34.8 Å². The van der Waals surface area contributed by atoms with Gasteiger partial charge < -0.3 is 15.2 Å². The molecule has 1 atom stereocenters. The minimum absolute atomic E-state index is 0.0623. The summed E-state index contributed by atoms with van der Waals surface area (Å²) in [7, 11) is 1.38. The van der Waals surface area contributed by atoms with Crippen molar-refractivity contribution in [2.24, 2.45) is 0 Å². The highest BCUT2D eigenvalue weighted by Crippen LogP contribution is 2.33. The van der Waals surface area contributed by atoms with Gasteiger partial charge in [-0.2, -0.15) is 0 Å². The summed E-state index contributed by atoms with van der Waals surface area (Å²) in [5.41, 5.74) is 1.35. The molecular formula is C18H17BrF2N2O3. The van der Waals surface area contributed by atoms with Crippen LogP contribution in [0.5, 0.6) is 5.75 Å². The largest absolute Gasteiger partial charge is 0.496 e. The van der Waals surface area contributed by atoms with Gasteiger partial charge in [-0.15, -0.1) is 0 Å². The number of methoxy groups -OCH3 is 1. The van der Waals surface area contributed by atoms with Gasteiger partial charge in [0.05, 0.1) is 35.5 Å². The second-order valence-electron chi connectivity index (χ2n) is 5.84. The maximum absolute atomic E-state index is 14.2. The Morgan fingerprint density at radius 3 is 2.85 bits per heavy atom. The van der Waals surface area contributed by atoms with Gasteiger partial charge in [0.25, 0.3) is 0 Å². The van der Waals surface area contributed by atoms with Gasteiger partial charge in [-0.3, -0.25) is 4.90 Å². The Morgan fingerprint density at radius 2 is 2.15 bits per heavy atom. The van der Waals surface area contributed by atoms with Crippen molar-refractivity contribution in [1.29, 1.82) is 0 Å². The SMILES string of the molecule is COc1cccc(F)c1C(CO)NC(=O)N1CCc2cc(Br)c(F)cc21. The molecule has 1 heterocycles. The quantitative estimate of drug-likeness (QED) is 0.785. The van der Waals surface area contributed by atoms with E-state index in [4.69, 9.17) is 4.74 Å². The van der Waals surface area contributed by atoms with Crippen LogP contribution in [-0.2, 0) is 6.42 Å². The summed E-state index contributed by atoms with van der Waals surface area (Å²) in [5, 5.41) is 12.3. The number of aliphatic hydroxyl groups is 1. The van der Waals surface area contributed by atoms with Crippen LogP contribution in [0.1, 0.15) is 17.2 Å². The molecule has 5 nitrogen and oxygen atoms in total. The molecule has 0 aliphatic carbocycles. The summed E-state index contributed by atoms with van der Waals surface area (Å²) >= 11 is 3.13. The summed E-state index contributed by atoms with van der Waals surface area (Å²) in [6.07, 6.45) is 0.578. The lowest BCUT2D eigenvalue weighted by Crippen LogP contribution is -2.42. The van der Waals surface area contributed by atoms with Crippen LogP contribution in [0.25, 0.3) is 0 Å². The standard InChI is InChI=1S/C18H17BrF2N2O3/c1-26-16-4-2-3-12(20)17(16)14(9-24)22-18(25)23-6-5-10-7-11(19)13(21)8-15(10)23/h2-4,7-8,14,24H,5-6,9H2,1H3,(H,22,25). The number of hydrogen-bond acceptors (Lipinski definition) is 3. The van der Waals surface area contributed by atoms with Crippen LogP contribution in [0.2, 0.25) is 0 Å². The number of fused-ring (bicyclic) bond motifs is 1. The molecule has 0 aromatic heterocycles. The number of ether oxygens (including phenoxy) is 1. The second-order valence-corrected chi connectivity index (χ2v) is 6.69. The third kappa shape index (κ3) is 3.39. The Balaban J connectivity index is 1.86. The lowest BCUT2D eigenvalue weighted by molar-refractivity contribution is 0.218. The number of carbonyl (C=O) groups is 1. The minimum Gasteiger partial charge on any atom is -0.496 e. The van der Waals surface area contributed by atoms with E-state index >= 15 is 0 Å². The molecule has 8 heteroatoms. The molecule has 2 aromatic carbocycles. The van der Waals surface area contributed by atoms with E-state index in [0.717, 1.165) is 5.56 Å². The summed E-state index contributed by atoms with van der Waals surface area (Å²) in [6, 6.07) is 5.63. The lowest BCUT2D eigenvalue weighted by Gasteiger charge is -2.24. The number of carbonyl (C=O) groups excluding carboxylic acids is 1. The fourth-order valence-electron chi connectivity index (χ4n) is 3.06. The van der Waals surface area contributed by atoms with E-state index in [9.17, 15) is 18.7 Å². The maximum Gasteiger partial charge on any atom is 0.322 e. The molecule has 3 rings (SSSR count). The van der Waals surface area contributed by atoms with E-state index in [-0.39, 0.29) is 11.3 Å². The zero-order valence-electron chi connectivity index (χ0n) is 13.9. The summed E-state index contributed by atoms with van der Waals surface area (Å²) in [4.78, 5) is 14.0. The number of nitrogens with zero attached hydrogens (tertiary/aromatic N) is 1. The number of rotatable bonds is 4. The average molecular weight is 427 g/mol. The van der Waals surface area contributed by atoms with Crippen LogP contribution < -0.4 is 15.0 Å². The van der Waals surface area contributed by atoms with Crippen LogP contribution in [0.3, 0.4) is 0 Å². The average Bonchev–Trinajstić information content (AvgIpc) is 3.02. The molecule has 0 radical (unpaired) electrons. The zero-order chi connectivity index (χ0) is 18.8.